The Balaban J connectivity index is 1.55. The molecule has 0 aliphatic carbocycles. The summed E-state index contributed by atoms with van der Waals surface area (Å²) in [4.78, 5) is 18.8. The maximum atomic E-state index is 12.4. The van der Waals surface area contributed by atoms with Gasteiger partial charge in [-0.15, -0.1) is 0 Å². The van der Waals surface area contributed by atoms with Crippen molar-refractivity contribution in [2.45, 2.75) is 38.4 Å². The van der Waals surface area contributed by atoms with Crippen LogP contribution in [0.1, 0.15) is 37.9 Å². The SMILES string of the molecule is C[C@H](c1ccccc1)N1CC[C@@H](NC(=O)[C@@H](C)n2ccnc2)C1. The van der Waals surface area contributed by atoms with Crippen LogP contribution in [-0.4, -0.2) is 39.5 Å². The minimum atomic E-state index is -0.224. The molecule has 2 heterocycles. The van der Waals surface area contributed by atoms with Crippen molar-refractivity contribution < 1.29 is 4.79 Å². The zero-order valence-electron chi connectivity index (χ0n) is 13.7. The summed E-state index contributed by atoms with van der Waals surface area (Å²) in [5, 5.41) is 3.17. The van der Waals surface area contributed by atoms with Gasteiger partial charge in [-0.05, 0) is 25.8 Å². The van der Waals surface area contributed by atoms with Gasteiger partial charge >= 0.3 is 0 Å². The molecule has 1 aromatic heterocycles. The summed E-state index contributed by atoms with van der Waals surface area (Å²) in [7, 11) is 0. The summed E-state index contributed by atoms with van der Waals surface area (Å²) in [6, 6.07) is 10.9. The highest BCUT2D eigenvalue weighted by atomic mass is 16.2. The third kappa shape index (κ3) is 3.62. The Labute approximate surface area is 137 Å². The Kier molecular flexibility index (Phi) is 4.76. The fourth-order valence-corrected chi connectivity index (χ4v) is 3.15. The highest BCUT2D eigenvalue weighted by Crippen LogP contribution is 2.24. The van der Waals surface area contributed by atoms with Gasteiger partial charge in [0.1, 0.15) is 6.04 Å². The summed E-state index contributed by atoms with van der Waals surface area (Å²) in [6.07, 6.45) is 6.20. The fraction of sp³-hybridized carbons (Fsp3) is 0.444. The van der Waals surface area contributed by atoms with Crippen LogP contribution in [0.2, 0.25) is 0 Å². The van der Waals surface area contributed by atoms with Crippen molar-refractivity contribution in [3.8, 4) is 0 Å². The number of aromatic nitrogens is 2. The average molecular weight is 312 g/mol. The summed E-state index contributed by atoms with van der Waals surface area (Å²) in [6.45, 7) is 6.04. The maximum Gasteiger partial charge on any atom is 0.243 e. The molecular formula is C18H24N4O. The van der Waals surface area contributed by atoms with Crippen LogP contribution in [-0.2, 0) is 4.79 Å². The van der Waals surface area contributed by atoms with Gasteiger partial charge in [0, 0.05) is 37.6 Å². The molecule has 5 nitrogen and oxygen atoms in total. The highest BCUT2D eigenvalue weighted by Gasteiger charge is 2.28. The van der Waals surface area contributed by atoms with Crippen LogP contribution in [0.4, 0.5) is 0 Å². The van der Waals surface area contributed by atoms with Crippen LogP contribution >= 0.6 is 0 Å². The summed E-state index contributed by atoms with van der Waals surface area (Å²) < 4.78 is 1.83. The van der Waals surface area contributed by atoms with Gasteiger partial charge in [0.15, 0.2) is 0 Å². The predicted octanol–water partition coefficient (Wildman–Crippen LogP) is 2.40. The van der Waals surface area contributed by atoms with E-state index in [9.17, 15) is 4.79 Å². The first kappa shape index (κ1) is 15.7. The van der Waals surface area contributed by atoms with Crippen LogP contribution in [0.5, 0.6) is 0 Å². The molecule has 5 heteroatoms. The number of amides is 1. The van der Waals surface area contributed by atoms with Gasteiger partial charge < -0.3 is 9.88 Å². The Bertz CT molecular complexity index is 626. The van der Waals surface area contributed by atoms with Gasteiger partial charge in [-0.3, -0.25) is 9.69 Å². The number of rotatable bonds is 5. The van der Waals surface area contributed by atoms with E-state index in [4.69, 9.17) is 0 Å². The molecule has 1 saturated heterocycles. The van der Waals surface area contributed by atoms with E-state index in [-0.39, 0.29) is 18.0 Å². The van der Waals surface area contributed by atoms with Crippen molar-refractivity contribution >= 4 is 5.91 Å². The molecule has 3 rings (SSSR count). The molecule has 2 aromatic rings. The number of hydrogen-bond donors (Lipinski definition) is 1. The summed E-state index contributed by atoms with van der Waals surface area (Å²) in [5.41, 5.74) is 1.33. The molecule has 1 aliphatic heterocycles. The van der Waals surface area contributed by atoms with Gasteiger partial charge in [-0.1, -0.05) is 30.3 Å². The number of carbonyl (C=O) groups excluding carboxylic acids is 1. The molecular weight excluding hydrogens is 288 g/mol. The standard InChI is InChI=1S/C18H24N4O/c1-14(16-6-4-3-5-7-16)21-10-8-17(12-21)20-18(23)15(2)22-11-9-19-13-22/h3-7,9,11,13-15,17H,8,10,12H2,1-2H3,(H,20,23)/t14-,15-,17-/m1/s1. The summed E-state index contributed by atoms with van der Waals surface area (Å²) >= 11 is 0. The van der Waals surface area contributed by atoms with Crippen LogP contribution in [0.25, 0.3) is 0 Å². The number of carbonyl (C=O) groups is 1. The molecule has 0 radical (unpaired) electrons. The van der Waals surface area contributed by atoms with Gasteiger partial charge in [0.05, 0.1) is 6.33 Å². The van der Waals surface area contributed by atoms with Gasteiger partial charge in [-0.2, -0.15) is 0 Å². The van der Waals surface area contributed by atoms with Crippen molar-refractivity contribution in [2.75, 3.05) is 13.1 Å². The number of imidazole rings is 1. The molecule has 3 atom stereocenters. The van der Waals surface area contributed by atoms with Crippen molar-refractivity contribution in [2.24, 2.45) is 0 Å². The minimum absolute atomic E-state index is 0.0576. The van der Waals surface area contributed by atoms with Gasteiger partial charge in [-0.25, -0.2) is 4.98 Å². The van der Waals surface area contributed by atoms with E-state index in [2.05, 4.69) is 46.4 Å². The number of likely N-dealkylation sites (tertiary alicyclic amines) is 1. The lowest BCUT2D eigenvalue weighted by Crippen LogP contribution is -2.40. The Morgan fingerprint density at radius 3 is 2.78 bits per heavy atom. The van der Waals surface area contributed by atoms with Crippen LogP contribution in [0.3, 0.4) is 0 Å². The highest BCUT2D eigenvalue weighted by molar-refractivity contribution is 5.80. The van der Waals surface area contributed by atoms with E-state index >= 15 is 0 Å². The second kappa shape index (κ2) is 6.96. The van der Waals surface area contributed by atoms with Crippen LogP contribution in [0, 0.1) is 0 Å². The van der Waals surface area contributed by atoms with E-state index < -0.39 is 0 Å². The molecule has 1 aliphatic rings. The van der Waals surface area contributed by atoms with Crippen LogP contribution in [0.15, 0.2) is 49.1 Å². The Hall–Kier alpha value is -2.14. The Morgan fingerprint density at radius 1 is 1.30 bits per heavy atom. The number of hydrogen-bond acceptors (Lipinski definition) is 3. The second-order valence-corrected chi connectivity index (χ2v) is 6.26. The topological polar surface area (TPSA) is 50.2 Å². The first-order chi connectivity index (χ1) is 11.1. The first-order valence-corrected chi connectivity index (χ1v) is 8.22. The van der Waals surface area contributed by atoms with Crippen LogP contribution < -0.4 is 5.32 Å². The quantitative estimate of drug-likeness (QED) is 0.922. The Morgan fingerprint density at radius 2 is 2.09 bits per heavy atom. The molecule has 1 fully saturated rings. The molecule has 1 N–H and O–H groups in total. The number of nitrogens with one attached hydrogen (secondary N) is 1. The van der Waals surface area contributed by atoms with Gasteiger partial charge in [0.25, 0.3) is 0 Å². The van der Waals surface area contributed by atoms with E-state index in [1.165, 1.54) is 5.56 Å². The van der Waals surface area contributed by atoms with Crippen molar-refractivity contribution in [1.82, 2.24) is 19.8 Å². The third-order valence-electron chi connectivity index (χ3n) is 4.75. The molecule has 0 unspecified atom stereocenters. The number of benzene rings is 1. The zero-order valence-corrected chi connectivity index (χ0v) is 13.7. The van der Waals surface area contributed by atoms with Gasteiger partial charge in [0.2, 0.25) is 5.91 Å². The monoisotopic (exact) mass is 312 g/mol. The smallest absolute Gasteiger partial charge is 0.243 e. The van der Waals surface area contributed by atoms with Crippen molar-refractivity contribution in [3.05, 3.63) is 54.6 Å². The lowest BCUT2D eigenvalue weighted by atomic mass is 10.1. The average Bonchev–Trinajstić information content (AvgIpc) is 3.26. The molecule has 122 valence electrons. The van der Waals surface area contributed by atoms with E-state index in [0.717, 1.165) is 19.5 Å². The first-order valence-electron chi connectivity index (χ1n) is 8.22. The molecule has 0 saturated carbocycles. The molecule has 23 heavy (non-hydrogen) atoms. The lowest BCUT2D eigenvalue weighted by molar-refractivity contribution is -0.124. The minimum Gasteiger partial charge on any atom is -0.350 e. The van der Waals surface area contributed by atoms with E-state index in [0.29, 0.717) is 6.04 Å². The fourth-order valence-electron chi connectivity index (χ4n) is 3.15. The molecule has 1 aromatic carbocycles. The van der Waals surface area contributed by atoms with E-state index in [1.54, 1.807) is 12.5 Å². The maximum absolute atomic E-state index is 12.4. The van der Waals surface area contributed by atoms with Crippen molar-refractivity contribution in [1.29, 1.82) is 0 Å². The third-order valence-corrected chi connectivity index (χ3v) is 4.75. The molecule has 1 amide bonds. The molecule has 0 spiro atoms. The summed E-state index contributed by atoms with van der Waals surface area (Å²) in [5.74, 6) is 0.0576. The molecule has 0 bridgehead atoms. The number of nitrogens with zero attached hydrogens (tertiary/aromatic N) is 3. The second-order valence-electron chi connectivity index (χ2n) is 6.26. The van der Waals surface area contributed by atoms with E-state index in [1.807, 2.05) is 23.8 Å². The van der Waals surface area contributed by atoms with Crippen molar-refractivity contribution in [3.63, 3.8) is 0 Å². The predicted molar refractivity (Wildman–Crippen MR) is 89.9 cm³/mol. The largest absolute Gasteiger partial charge is 0.350 e. The lowest BCUT2D eigenvalue weighted by Gasteiger charge is -2.25. The normalized spacial score (nSPS) is 21.0. The zero-order chi connectivity index (χ0) is 16.2.